The van der Waals surface area contributed by atoms with E-state index < -0.39 is 0 Å². The monoisotopic (exact) mass is 919 g/mol. The molecule has 338 valence electrons. The predicted molar refractivity (Wildman–Crippen MR) is 306 cm³/mol. The molecule has 4 aromatic heterocycles. The van der Waals surface area contributed by atoms with Crippen LogP contribution in [-0.2, 0) is 21.7 Å². The molecule has 0 unspecified atom stereocenters. The van der Waals surface area contributed by atoms with Gasteiger partial charge in [0.05, 0.1) is 16.6 Å². The third-order valence-corrected chi connectivity index (χ3v) is 18.8. The number of rotatable bonds is 0. The van der Waals surface area contributed by atoms with Gasteiger partial charge in [-0.05, 0) is 125 Å². The van der Waals surface area contributed by atoms with Crippen molar-refractivity contribution in [1.29, 1.82) is 0 Å². The van der Waals surface area contributed by atoms with E-state index in [1.807, 2.05) is 11.3 Å². The summed E-state index contributed by atoms with van der Waals surface area (Å²) >= 11 is 1.98. The molecule has 4 aliphatic rings. The van der Waals surface area contributed by atoms with Crippen LogP contribution in [0.1, 0.15) is 105 Å². The summed E-state index contributed by atoms with van der Waals surface area (Å²) in [5.74, 6) is 0. The van der Waals surface area contributed by atoms with Gasteiger partial charge in [0, 0.05) is 86.1 Å². The first-order valence-corrected chi connectivity index (χ1v) is 26.5. The molecule has 12 aromatic rings. The molecule has 16 rings (SSSR count). The van der Waals surface area contributed by atoms with E-state index in [2.05, 4.69) is 212 Å². The van der Waals surface area contributed by atoms with Crippen LogP contribution in [0.25, 0.3) is 103 Å². The highest BCUT2D eigenvalue weighted by atomic mass is 32.1. The molecule has 6 heteroatoms. The number of nitrogens with zero attached hydrogens (tertiary/aromatic N) is 3. The van der Waals surface area contributed by atoms with Gasteiger partial charge >= 0.3 is 0 Å². The Hall–Kier alpha value is -6.49. The molecular formula is C64H55B2N3S. The van der Waals surface area contributed by atoms with Crippen molar-refractivity contribution in [2.75, 3.05) is 0 Å². The van der Waals surface area contributed by atoms with Gasteiger partial charge < -0.3 is 13.7 Å². The maximum Gasteiger partial charge on any atom is 0.252 e. The maximum atomic E-state index is 2.81. The fraction of sp³-hybridized carbons (Fsp3) is 0.250. The van der Waals surface area contributed by atoms with E-state index in [9.17, 15) is 0 Å². The Morgan fingerprint density at radius 1 is 0.371 bits per heavy atom. The van der Waals surface area contributed by atoms with Crippen LogP contribution < -0.4 is 32.8 Å². The number of hydrogen-bond donors (Lipinski definition) is 0. The van der Waals surface area contributed by atoms with Crippen molar-refractivity contribution in [3.8, 4) is 17.1 Å². The van der Waals surface area contributed by atoms with Crippen molar-refractivity contribution in [3.63, 3.8) is 0 Å². The van der Waals surface area contributed by atoms with Crippen molar-refractivity contribution in [2.45, 2.75) is 105 Å². The lowest BCUT2D eigenvalue weighted by molar-refractivity contribution is 0.590. The zero-order valence-corrected chi connectivity index (χ0v) is 43.2. The van der Waals surface area contributed by atoms with Gasteiger partial charge in [-0.3, -0.25) is 0 Å². The standard InChI is InChI=1S/C64H55B2N3S/c1-61(2,3)32-20-22-47-38(24-32)40-26-34(63(7,8)9)28-44-56(40)67(47)49-31-50-54-59-53(49)65(44)43-18-15-17-37-52-58(69(59)55(37)43)46(30-42-36-16-13-14-19-51(36)70-60(42)52)66(54)45-29-35(64(10,11)12)27-41-39-25-33(62(4,5)6)21-23-48(39)68(50)57(41)45/h13-31H,1-12H3. The van der Waals surface area contributed by atoms with Crippen LogP contribution in [0, 0.1) is 0 Å². The summed E-state index contributed by atoms with van der Waals surface area (Å²) in [6.07, 6.45) is 0. The predicted octanol–water partition coefficient (Wildman–Crippen LogP) is 12.8. The van der Waals surface area contributed by atoms with Crippen LogP contribution in [-0.4, -0.2) is 27.1 Å². The highest BCUT2D eigenvalue weighted by molar-refractivity contribution is 7.27. The molecule has 0 fully saturated rings. The smallest absolute Gasteiger partial charge is 0.252 e. The fourth-order valence-corrected chi connectivity index (χ4v) is 15.3. The van der Waals surface area contributed by atoms with Crippen LogP contribution in [0.4, 0.5) is 0 Å². The molecule has 0 N–H and O–H groups in total. The summed E-state index contributed by atoms with van der Waals surface area (Å²) in [5.41, 5.74) is 26.3. The fourth-order valence-electron chi connectivity index (χ4n) is 14.1. The SMILES string of the molecule is CC(C)(C)c1ccc2c(c1)c1cc(C(C)(C)C)cc3c1n2-c1cc2c4c5c1B3c1cccc3c6c7sc8ccccc8c7cc(c6n-5c13)B4c1cc(C(C)(C)C)cc3c4cc(C(C)(C)C)ccc4n-2c13. The summed E-state index contributed by atoms with van der Waals surface area (Å²) in [7, 11) is 0. The lowest BCUT2D eigenvalue weighted by Crippen LogP contribution is -2.66. The second-order valence-corrected chi connectivity index (χ2v) is 26.8. The Labute approximate surface area is 413 Å². The van der Waals surface area contributed by atoms with Crippen LogP contribution in [0.2, 0.25) is 0 Å². The molecule has 0 spiro atoms. The van der Waals surface area contributed by atoms with Crippen molar-refractivity contribution >= 4 is 143 Å². The molecule has 0 saturated heterocycles. The number of benzene rings is 8. The van der Waals surface area contributed by atoms with Crippen molar-refractivity contribution in [1.82, 2.24) is 13.7 Å². The largest absolute Gasteiger partial charge is 0.311 e. The van der Waals surface area contributed by atoms with Gasteiger partial charge in [0.15, 0.2) is 0 Å². The van der Waals surface area contributed by atoms with Gasteiger partial charge in [0.25, 0.3) is 13.4 Å². The Kier molecular flexibility index (Phi) is 6.99. The van der Waals surface area contributed by atoms with Gasteiger partial charge in [0.2, 0.25) is 0 Å². The van der Waals surface area contributed by atoms with Crippen molar-refractivity contribution in [3.05, 3.63) is 138 Å². The quantitative estimate of drug-likeness (QED) is 0.135. The van der Waals surface area contributed by atoms with E-state index in [1.54, 1.807) is 0 Å². The molecule has 0 aliphatic carbocycles. The van der Waals surface area contributed by atoms with E-state index in [4.69, 9.17) is 0 Å². The summed E-state index contributed by atoms with van der Waals surface area (Å²) in [5, 5.41) is 11.0. The third kappa shape index (κ3) is 4.63. The molecule has 0 bridgehead atoms. The third-order valence-electron chi connectivity index (χ3n) is 17.6. The van der Waals surface area contributed by atoms with Gasteiger partial charge in [-0.2, -0.15) is 0 Å². The van der Waals surface area contributed by atoms with Gasteiger partial charge in [-0.15, -0.1) is 11.3 Å². The minimum atomic E-state index is -0.0558. The molecule has 8 heterocycles. The summed E-state index contributed by atoms with van der Waals surface area (Å²) in [6.45, 7) is 28.6. The molecule has 3 nitrogen and oxygen atoms in total. The lowest BCUT2D eigenvalue weighted by atomic mass is 9.30. The molecular weight excluding hydrogens is 864 g/mol. The molecule has 8 aromatic carbocycles. The minimum Gasteiger partial charge on any atom is -0.311 e. The molecule has 0 saturated carbocycles. The zero-order valence-electron chi connectivity index (χ0n) is 42.4. The summed E-state index contributed by atoms with van der Waals surface area (Å²) < 4.78 is 11.0. The van der Waals surface area contributed by atoms with Crippen LogP contribution in [0.5, 0.6) is 0 Å². The first kappa shape index (κ1) is 40.3. The van der Waals surface area contributed by atoms with Crippen molar-refractivity contribution < 1.29 is 0 Å². The number of aromatic nitrogens is 3. The lowest BCUT2D eigenvalue weighted by Gasteiger charge is -2.41. The Morgan fingerprint density at radius 2 is 0.857 bits per heavy atom. The highest BCUT2D eigenvalue weighted by Crippen LogP contribution is 2.48. The minimum absolute atomic E-state index is 0.00938. The van der Waals surface area contributed by atoms with E-state index in [0.29, 0.717) is 0 Å². The number of fused-ring (bicyclic) bond motifs is 17. The first-order chi connectivity index (χ1) is 33.3. The normalized spacial score (nSPS) is 14.8. The average molecular weight is 920 g/mol. The average Bonchev–Trinajstić information content (AvgIpc) is 4.05. The zero-order chi connectivity index (χ0) is 47.8. The van der Waals surface area contributed by atoms with E-state index in [-0.39, 0.29) is 35.1 Å². The van der Waals surface area contributed by atoms with Crippen LogP contribution in [0.15, 0.2) is 115 Å². The van der Waals surface area contributed by atoms with Gasteiger partial charge in [-0.25, -0.2) is 0 Å². The molecule has 0 radical (unpaired) electrons. The summed E-state index contributed by atoms with van der Waals surface area (Å²) in [4.78, 5) is 0. The second-order valence-electron chi connectivity index (χ2n) is 25.8. The first-order valence-electron chi connectivity index (χ1n) is 25.7. The molecule has 70 heavy (non-hydrogen) atoms. The van der Waals surface area contributed by atoms with E-state index in [1.165, 1.54) is 158 Å². The highest BCUT2D eigenvalue weighted by Gasteiger charge is 2.50. The maximum absolute atomic E-state index is 2.81. The van der Waals surface area contributed by atoms with Gasteiger partial charge in [0.1, 0.15) is 0 Å². The Morgan fingerprint density at radius 3 is 1.41 bits per heavy atom. The summed E-state index contributed by atoms with van der Waals surface area (Å²) in [6, 6.07) is 46.9. The topological polar surface area (TPSA) is 14.8 Å². The van der Waals surface area contributed by atoms with Crippen LogP contribution in [0.3, 0.4) is 0 Å². The number of para-hydroxylation sites is 1. The van der Waals surface area contributed by atoms with Crippen molar-refractivity contribution in [2.24, 2.45) is 0 Å². The van der Waals surface area contributed by atoms with E-state index in [0.717, 1.165) is 0 Å². The molecule has 4 aliphatic heterocycles. The Balaban J connectivity index is 1.18. The Bertz CT molecular complexity index is 4520. The molecule has 0 atom stereocenters. The number of hydrogen-bond acceptors (Lipinski definition) is 1. The van der Waals surface area contributed by atoms with Gasteiger partial charge in [-0.1, -0.05) is 150 Å². The number of thiophene rings is 1. The van der Waals surface area contributed by atoms with Crippen LogP contribution >= 0.6 is 11.3 Å². The second kappa shape index (κ2) is 12.2. The van der Waals surface area contributed by atoms with E-state index >= 15 is 0 Å². The molecule has 0 amide bonds.